The van der Waals surface area contributed by atoms with Crippen molar-refractivity contribution < 1.29 is 13.9 Å². The zero-order chi connectivity index (χ0) is 9.14. The van der Waals surface area contributed by atoms with Crippen LogP contribution in [0.2, 0.25) is 0 Å². The van der Waals surface area contributed by atoms with Gasteiger partial charge in [-0.1, -0.05) is 0 Å². The molecule has 0 aliphatic rings. The van der Waals surface area contributed by atoms with Gasteiger partial charge in [-0.15, -0.1) is 0 Å². The number of aromatic nitrogens is 1. The third-order valence-corrected chi connectivity index (χ3v) is 1.27. The minimum atomic E-state index is -0.932. The Morgan fingerprint density at radius 2 is 2.25 bits per heavy atom. The number of H-pyrrole nitrogens is 1. The van der Waals surface area contributed by atoms with E-state index < -0.39 is 17.3 Å². The van der Waals surface area contributed by atoms with Gasteiger partial charge in [-0.25, -0.2) is 9.18 Å². The minimum Gasteiger partial charge on any atom is -0.464 e. The molecule has 0 aliphatic carbocycles. The van der Waals surface area contributed by atoms with Crippen LogP contribution in [-0.2, 0) is 4.74 Å². The summed E-state index contributed by atoms with van der Waals surface area (Å²) in [6.45, 7) is 0. The lowest BCUT2D eigenvalue weighted by Gasteiger charge is -1.96. The standard InChI is InChI=1S/C7H6FNO3/c1-12-7(11)5-3-2-4(8)6(10)9-5/h2-3H,1H3,(H,9,10). The number of rotatable bonds is 1. The fourth-order valence-corrected chi connectivity index (χ4v) is 0.685. The highest BCUT2D eigenvalue weighted by molar-refractivity contribution is 5.86. The summed E-state index contributed by atoms with van der Waals surface area (Å²) in [5, 5.41) is 0. The molecule has 4 nitrogen and oxygen atoms in total. The highest BCUT2D eigenvalue weighted by Gasteiger charge is 2.07. The summed E-state index contributed by atoms with van der Waals surface area (Å²) >= 11 is 0. The van der Waals surface area contributed by atoms with Crippen molar-refractivity contribution in [2.45, 2.75) is 0 Å². The molecule has 5 heteroatoms. The Bertz CT molecular complexity index is 358. The third kappa shape index (κ3) is 1.50. The van der Waals surface area contributed by atoms with Gasteiger partial charge >= 0.3 is 5.97 Å². The normalized spacial score (nSPS) is 9.50. The van der Waals surface area contributed by atoms with Gasteiger partial charge in [-0.2, -0.15) is 0 Å². The second kappa shape index (κ2) is 3.17. The molecule has 0 saturated carbocycles. The molecular weight excluding hydrogens is 165 g/mol. The Balaban J connectivity index is 3.13. The van der Waals surface area contributed by atoms with Crippen molar-refractivity contribution in [3.8, 4) is 0 Å². The van der Waals surface area contributed by atoms with Crippen molar-refractivity contribution in [2.24, 2.45) is 0 Å². The molecule has 0 aliphatic heterocycles. The van der Waals surface area contributed by atoms with E-state index in [1.165, 1.54) is 7.11 Å². The van der Waals surface area contributed by atoms with E-state index in [0.717, 1.165) is 12.1 Å². The summed E-state index contributed by atoms with van der Waals surface area (Å²) in [6, 6.07) is 2.05. The van der Waals surface area contributed by atoms with Crippen LogP contribution in [0.1, 0.15) is 10.5 Å². The molecule has 0 saturated heterocycles. The van der Waals surface area contributed by atoms with E-state index in [4.69, 9.17) is 0 Å². The van der Waals surface area contributed by atoms with Gasteiger partial charge in [-0.05, 0) is 12.1 Å². The lowest BCUT2D eigenvalue weighted by atomic mass is 10.3. The van der Waals surface area contributed by atoms with Crippen molar-refractivity contribution >= 4 is 5.97 Å². The van der Waals surface area contributed by atoms with Crippen molar-refractivity contribution in [3.63, 3.8) is 0 Å². The Morgan fingerprint density at radius 1 is 1.58 bits per heavy atom. The molecule has 1 aromatic heterocycles. The van der Waals surface area contributed by atoms with Crippen LogP contribution >= 0.6 is 0 Å². The number of hydrogen-bond acceptors (Lipinski definition) is 3. The van der Waals surface area contributed by atoms with Crippen molar-refractivity contribution in [1.82, 2.24) is 4.98 Å². The second-order valence-electron chi connectivity index (χ2n) is 2.04. The summed E-state index contributed by atoms with van der Waals surface area (Å²) in [4.78, 5) is 23.4. The van der Waals surface area contributed by atoms with Gasteiger partial charge in [0, 0.05) is 0 Å². The summed E-state index contributed by atoms with van der Waals surface area (Å²) in [5.74, 6) is -1.63. The van der Waals surface area contributed by atoms with Gasteiger partial charge in [-0.3, -0.25) is 4.79 Å². The fraction of sp³-hybridized carbons (Fsp3) is 0.143. The van der Waals surface area contributed by atoms with Crippen LogP contribution in [0.5, 0.6) is 0 Å². The van der Waals surface area contributed by atoms with Crippen molar-refractivity contribution in [3.05, 3.63) is 34.0 Å². The minimum absolute atomic E-state index is 0.0658. The molecule has 0 bridgehead atoms. The first-order chi connectivity index (χ1) is 5.65. The van der Waals surface area contributed by atoms with E-state index in [-0.39, 0.29) is 5.69 Å². The lowest BCUT2D eigenvalue weighted by Crippen LogP contribution is -2.16. The van der Waals surface area contributed by atoms with Crippen LogP contribution in [0.25, 0.3) is 0 Å². The molecule has 1 heterocycles. The first kappa shape index (κ1) is 8.45. The number of ether oxygens (including phenoxy) is 1. The Kier molecular flexibility index (Phi) is 2.23. The van der Waals surface area contributed by atoms with Crippen molar-refractivity contribution in [2.75, 3.05) is 7.11 Å². The van der Waals surface area contributed by atoms with Crippen LogP contribution in [0.3, 0.4) is 0 Å². The predicted molar refractivity (Wildman–Crippen MR) is 38.4 cm³/mol. The molecule has 1 aromatic rings. The van der Waals surface area contributed by atoms with Gasteiger partial charge < -0.3 is 9.72 Å². The van der Waals surface area contributed by atoms with Crippen molar-refractivity contribution in [1.29, 1.82) is 0 Å². The van der Waals surface area contributed by atoms with Crippen LogP contribution in [0.4, 0.5) is 4.39 Å². The average Bonchev–Trinajstić information content (AvgIpc) is 2.08. The number of hydrogen-bond donors (Lipinski definition) is 1. The van der Waals surface area contributed by atoms with Crippen LogP contribution in [-0.4, -0.2) is 18.1 Å². The number of pyridine rings is 1. The first-order valence-electron chi connectivity index (χ1n) is 3.12. The predicted octanol–water partition coefficient (Wildman–Crippen LogP) is 0.301. The number of methoxy groups -OCH3 is 1. The molecular formula is C7H6FNO3. The zero-order valence-electron chi connectivity index (χ0n) is 6.26. The SMILES string of the molecule is COC(=O)c1ccc(F)c(=O)[nH]1. The maximum Gasteiger partial charge on any atom is 0.354 e. The molecule has 64 valence electrons. The average molecular weight is 171 g/mol. The molecule has 12 heavy (non-hydrogen) atoms. The molecule has 0 radical (unpaired) electrons. The second-order valence-corrected chi connectivity index (χ2v) is 2.04. The molecule has 0 atom stereocenters. The van der Waals surface area contributed by atoms with E-state index >= 15 is 0 Å². The van der Waals surface area contributed by atoms with E-state index in [1.54, 1.807) is 0 Å². The van der Waals surface area contributed by atoms with E-state index in [2.05, 4.69) is 4.74 Å². The number of nitrogens with one attached hydrogen (secondary N) is 1. The number of carbonyl (C=O) groups excluding carboxylic acids is 1. The highest BCUT2D eigenvalue weighted by atomic mass is 19.1. The quantitative estimate of drug-likeness (QED) is 0.618. The Hall–Kier alpha value is -1.65. The van der Waals surface area contributed by atoms with Gasteiger partial charge in [0.05, 0.1) is 7.11 Å². The molecule has 0 fully saturated rings. The molecule has 0 spiro atoms. The third-order valence-electron chi connectivity index (χ3n) is 1.27. The molecule has 0 aromatic carbocycles. The monoisotopic (exact) mass is 171 g/mol. The summed E-state index contributed by atoms with van der Waals surface area (Å²) < 4.78 is 16.7. The van der Waals surface area contributed by atoms with Crippen LogP contribution in [0, 0.1) is 5.82 Å². The highest BCUT2D eigenvalue weighted by Crippen LogP contribution is 1.94. The molecule has 0 amide bonds. The van der Waals surface area contributed by atoms with E-state index in [1.807, 2.05) is 4.98 Å². The van der Waals surface area contributed by atoms with Gasteiger partial charge in [0.25, 0.3) is 5.56 Å². The summed E-state index contributed by atoms with van der Waals surface area (Å²) in [6.07, 6.45) is 0. The summed E-state index contributed by atoms with van der Waals surface area (Å²) in [5.41, 5.74) is -0.998. The largest absolute Gasteiger partial charge is 0.464 e. The topological polar surface area (TPSA) is 59.2 Å². The molecule has 1 N–H and O–H groups in total. The molecule has 1 rings (SSSR count). The first-order valence-corrected chi connectivity index (χ1v) is 3.12. The lowest BCUT2D eigenvalue weighted by molar-refractivity contribution is 0.0593. The number of carbonyl (C=O) groups is 1. The van der Waals surface area contributed by atoms with E-state index in [0.29, 0.717) is 0 Å². The maximum absolute atomic E-state index is 12.4. The van der Waals surface area contributed by atoms with Crippen LogP contribution < -0.4 is 5.56 Å². The molecule has 0 unspecified atom stereocenters. The van der Waals surface area contributed by atoms with Crippen LogP contribution in [0.15, 0.2) is 16.9 Å². The Morgan fingerprint density at radius 3 is 2.75 bits per heavy atom. The van der Waals surface area contributed by atoms with E-state index in [9.17, 15) is 14.0 Å². The van der Waals surface area contributed by atoms with Gasteiger partial charge in [0.2, 0.25) is 0 Å². The van der Waals surface area contributed by atoms with Gasteiger partial charge in [0.15, 0.2) is 5.82 Å². The fourth-order valence-electron chi connectivity index (χ4n) is 0.685. The smallest absolute Gasteiger partial charge is 0.354 e. The maximum atomic E-state index is 12.4. The van der Waals surface area contributed by atoms with Gasteiger partial charge in [0.1, 0.15) is 5.69 Å². The summed E-state index contributed by atoms with van der Waals surface area (Å²) in [7, 11) is 1.17. The zero-order valence-corrected chi connectivity index (χ0v) is 6.26. The Labute approximate surface area is 67.0 Å². The number of aromatic amines is 1. The number of esters is 1. The number of halogens is 1.